The lowest BCUT2D eigenvalue weighted by atomic mass is 10.0. The first kappa shape index (κ1) is 27.4. The van der Waals surface area contributed by atoms with E-state index in [4.69, 9.17) is 9.47 Å². The number of carbonyl (C=O) groups excluding carboxylic acids is 4. The van der Waals surface area contributed by atoms with Crippen molar-refractivity contribution in [2.75, 3.05) is 26.7 Å². The molecule has 3 N–H and O–H groups in total. The molecule has 10 heteroatoms. The predicted molar refractivity (Wildman–Crippen MR) is 126 cm³/mol. The zero-order valence-corrected chi connectivity index (χ0v) is 20.8. The summed E-state index contributed by atoms with van der Waals surface area (Å²) in [5.74, 6) is -1.00. The van der Waals surface area contributed by atoms with Crippen LogP contribution in [0.2, 0.25) is 0 Å². The van der Waals surface area contributed by atoms with Gasteiger partial charge in [-0.05, 0) is 37.3 Å². The van der Waals surface area contributed by atoms with E-state index in [9.17, 15) is 19.2 Å². The quantitative estimate of drug-likeness (QED) is 0.203. The molecule has 10 nitrogen and oxygen atoms in total. The average Bonchev–Trinajstić information content (AvgIpc) is 3.56. The van der Waals surface area contributed by atoms with E-state index in [-0.39, 0.29) is 30.9 Å². The van der Waals surface area contributed by atoms with Gasteiger partial charge in [0.1, 0.15) is 12.6 Å². The largest absolute Gasteiger partial charge is 0.462 e. The second kappa shape index (κ2) is 13.1. The molecule has 2 aliphatic heterocycles. The van der Waals surface area contributed by atoms with Crippen LogP contribution in [0.4, 0.5) is 0 Å². The number of amides is 3. The third kappa shape index (κ3) is 9.17. The molecular formula is C24H38N4O6. The molecule has 0 aromatic heterocycles. The Bertz CT molecular complexity index is 807. The van der Waals surface area contributed by atoms with Crippen LogP contribution in [-0.4, -0.2) is 73.6 Å². The van der Waals surface area contributed by atoms with E-state index in [2.05, 4.69) is 29.8 Å². The van der Waals surface area contributed by atoms with Crippen LogP contribution in [0.5, 0.6) is 0 Å². The van der Waals surface area contributed by atoms with E-state index in [1.165, 1.54) is 0 Å². The smallest absolute Gasteiger partial charge is 0.338 e. The van der Waals surface area contributed by atoms with Gasteiger partial charge < -0.3 is 30.3 Å². The van der Waals surface area contributed by atoms with Gasteiger partial charge in [0.2, 0.25) is 11.8 Å². The topological polar surface area (TPSA) is 129 Å². The highest BCUT2D eigenvalue weighted by atomic mass is 16.6. The van der Waals surface area contributed by atoms with Crippen molar-refractivity contribution < 1.29 is 28.7 Å². The molecule has 3 atom stereocenters. The lowest BCUT2D eigenvalue weighted by molar-refractivity contribution is -0.145. The van der Waals surface area contributed by atoms with E-state index in [0.29, 0.717) is 30.9 Å². The molecule has 0 saturated carbocycles. The van der Waals surface area contributed by atoms with Crippen LogP contribution in [0.1, 0.15) is 47.0 Å². The van der Waals surface area contributed by atoms with Crippen LogP contribution in [0.15, 0.2) is 24.0 Å². The van der Waals surface area contributed by atoms with Gasteiger partial charge in [0.15, 0.2) is 12.2 Å². The fourth-order valence-electron chi connectivity index (χ4n) is 3.41. The van der Waals surface area contributed by atoms with Gasteiger partial charge in [-0.2, -0.15) is 0 Å². The summed E-state index contributed by atoms with van der Waals surface area (Å²) in [5.41, 5.74) is 0.614. The Kier molecular flexibility index (Phi) is 10.6. The predicted octanol–water partition coefficient (Wildman–Crippen LogP) is 0.840. The molecule has 34 heavy (non-hydrogen) atoms. The summed E-state index contributed by atoms with van der Waals surface area (Å²) in [7, 11) is 1.83. The van der Waals surface area contributed by atoms with Crippen molar-refractivity contribution in [1.82, 2.24) is 20.9 Å². The van der Waals surface area contributed by atoms with Crippen molar-refractivity contribution in [3.8, 4) is 0 Å². The lowest BCUT2D eigenvalue weighted by Crippen LogP contribution is -2.49. The fraction of sp³-hybridized carbons (Fsp3) is 0.667. The highest BCUT2D eigenvalue weighted by Gasteiger charge is 2.52. The highest BCUT2D eigenvalue weighted by Crippen LogP contribution is 2.24. The Morgan fingerprint density at radius 3 is 2.47 bits per heavy atom. The number of hydrogen-bond acceptors (Lipinski definition) is 7. The molecular weight excluding hydrogens is 440 g/mol. The van der Waals surface area contributed by atoms with Gasteiger partial charge in [0.05, 0.1) is 6.54 Å². The average molecular weight is 479 g/mol. The molecule has 0 aromatic rings. The van der Waals surface area contributed by atoms with Gasteiger partial charge in [-0.1, -0.05) is 33.8 Å². The summed E-state index contributed by atoms with van der Waals surface area (Å²) in [5, 5.41) is 8.25. The Hall–Kier alpha value is -2.88. The summed E-state index contributed by atoms with van der Waals surface area (Å²) in [6.07, 6.45) is 5.36. The van der Waals surface area contributed by atoms with E-state index in [0.717, 1.165) is 6.42 Å². The van der Waals surface area contributed by atoms with Gasteiger partial charge in [0, 0.05) is 25.4 Å². The van der Waals surface area contributed by atoms with Crippen molar-refractivity contribution in [3.63, 3.8) is 0 Å². The van der Waals surface area contributed by atoms with Crippen molar-refractivity contribution >= 4 is 23.7 Å². The number of esters is 1. The van der Waals surface area contributed by atoms with Crippen LogP contribution < -0.4 is 16.0 Å². The molecule has 0 aromatic carbocycles. The second-order valence-corrected chi connectivity index (χ2v) is 9.47. The van der Waals surface area contributed by atoms with E-state index in [1.807, 2.05) is 33.2 Å². The molecule has 2 rings (SSSR count). The fourth-order valence-corrected chi connectivity index (χ4v) is 3.41. The Morgan fingerprint density at radius 1 is 1.09 bits per heavy atom. The minimum atomic E-state index is -1.00. The molecule has 3 amide bonds. The maximum Gasteiger partial charge on any atom is 0.338 e. The Labute approximate surface area is 201 Å². The molecule has 0 radical (unpaired) electrons. The summed E-state index contributed by atoms with van der Waals surface area (Å²) in [6, 6.07) is -0.696. The van der Waals surface area contributed by atoms with Gasteiger partial charge in [-0.15, -0.1) is 0 Å². The summed E-state index contributed by atoms with van der Waals surface area (Å²) in [4.78, 5) is 51.1. The third-order valence-electron chi connectivity index (χ3n) is 5.30. The summed E-state index contributed by atoms with van der Waals surface area (Å²) in [6.45, 7) is 8.72. The van der Waals surface area contributed by atoms with Crippen molar-refractivity contribution in [1.29, 1.82) is 0 Å². The van der Waals surface area contributed by atoms with Crippen LogP contribution in [0, 0.1) is 11.8 Å². The summed E-state index contributed by atoms with van der Waals surface area (Å²) < 4.78 is 10.3. The molecule has 190 valence electrons. The Balaban J connectivity index is 1.71. The molecule has 1 fully saturated rings. The van der Waals surface area contributed by atoms with Crippen molar-refractivity contribution in [2.24, 2.45) is 11.8 Å². The standard InChI is InChI=1S/C24H38N4O6/c1-15(2)8-9-25-22(30)18(13-16(3)4)27-23(31)19-20(34-19)24(32)33-12-10-26-21(29)17-7-6-11-28(5)14-17/h6,11,14-16,18-20H,7-10,12-13H2,1-5H3,(H,25,30)(H,26,29)(H,27,31). The second-order valence-electron chi connectivity index (χ2n) is 9.47. The monoisotopic (exact) mass is 478 g/mol. The van der Waals surface area contributed by atoms with Gasteiger partial charge in [-0.25, -0.2) is 4.79 Å². The number of allylic oxidation sites excluding steroid dienone is 1. The highest BCUT2D eigenvalue weighted by molar-refractivity contribution is 5.95. The number of nitrogens with one attached hydrogen (secondary N) is 3. The molecule has 2 heterocycles. The zero-order chi connectivity index (χ0) is 25.3. The van der Waals surface area contributed by atoms with Crippen LogP contribution >= 0.6 is 0 Å². The van der Waals surface area contributed by atoms with Crippen LogP contribution in [-0.2, 0) is 28.7 Å². The first-order chi connectivity index (χ1) is 16.1. The molecule has 0 aliphatic carbocycles. The number of epoxide rings is 1. The van der Waals surface area contributed by atoms with Gasteiger partial charge >= 0.3 is 5.97 Å². The third-order valence-corrected chi connectivity index (χ3v) is 5.30. The van der Waals surface area contributed by atoms with Gasteiger partial charge in [0.25, 0.3) is 5.91 Å². The van der Waals surface area contributed by atoms with Gasteiger partial charge in [-0.3, -0.25) is 14.4 Å². The van der Waals surface area contributed by atoms with Crippen LogP contribution in [0.25, 0.3) is 0 Å². The number of carbonyl (C=O) groups is 4. The lowest BCUT2D eigenvalue weighted by Gasteiger charge is -2.20. The van der Waals surface area contributed by atoms with E-state index in [1.54, 1.807) is 11.1 Å². The molecule has 1 saturated heterocycles. The summed E-state index contributed by atoms with van der Waals surface area (Å²) >= 11 is 0. The number of hydrogen-bond donors (Lipinski definition) is 3. The molecule has 3 unspecified atom stereocenters. The SMILES string of the molecule is CC(C)CCNC(=O)C(CC(C)C)NC(=O)C1OC1C(=O)OCCNC(=O)C1=CN(C)C=CC1. The molecule has 0 bridgehead atoms. The molecule has 0 spiro atoms. The minimum absolute atomic E-state index is 0.0358. The molecule has 2 aliphatic rings. The maximum atomic E-state index is 12.5. The zero-order valence-electron chi connectivity index (χ0n) is 20.8. The number of ether oxygens (including phenoxy) is 2. The first-order valence-corrected chi connectivity index (χ1v) is 11.9. The first-order valence-electron chi connectivity index (χ1n) is 11.9. The van der Waals surface area contributed by atoms with Crippen LogP contribution in [0.3, 0.4) is 0 Å². The Morgan fingerprint density at radius 2 is 1.82 bits per heavy atom. The van der Waals surface area contributed by atoms with E-state index < -0.39 is 30.1 Å². The normalized spacial score (nSPS) is 20.0. The number of rotatable bonds is 13. The maximum absolute atomic E-state index is 12.5. The van der Waals surface area contributed by atoms with Crippen molar-refractivity contribution in [2.45, 2.75) is 65.2 Å². The van der Waals surface area contributed by atoms with Crippen molar-refractivity contribution in [3.05, 3.63) is 24.0 Å². The minimum Gasteiger partial charge on any atom is -0.462 e. The number of nitrogens with zero attached hydrogens (tertiary/aromatic N) is 1. The van der Waals surface area contributed by atoms with E-state index >= 15 is 0 Å².